The molecule has 1 aliphatic heterocycles. The van der Waals surface area contributed by atoms with Gasteiger partial charge in [-0.2, -0.15) is 5.10 Å². The van der Waals surface area contributed by atoms with Crippen LogP contribution in [0.1, 0.15) is 6.92 Å². The van der Waals surface area contributed by atoms with Crippen LogP contribution in [0, 0.1) is 0 Å². The largest absolute Gasteiger partial charge is 0.374 e. The van der Waals surface area contributed by atoms with Gasteiger partial charge in [-0.3, -0.25) is 14.4 Å². The summed E-state index contributed by atoms with van der Waals surface area (Å²) in [4.78, 5) is 18.5. The van der Waals surface area contributed by atoms with E-state index in [0.717, 1.165) is 6.54 Å². The van der Waals surface area contributed by atoms with Gasteiger partial charge in [-0.05, 0) is 13.0 Å². The average molecular weight is 321 g/mol. The number of hydrogen-bond acceptors (Lipinski definition) is 6. The van der Waals surface area contributed by atoms with E-state index in [1.54, 1.807) is 12.4 Å². The van der Waals surface area contributed by atoms with E-state index in [9.17, 15) is 4.79 Å². The maximum atomic E-state index is 12.3. The summed E-state index contributed by atoms with van der Waals surface area (Å²) in [5.74, 6) is -0.0327. The smallest absolute Gasteiger partial charge is 0.243 e. The van der Waals surface area contributed by atoms with E-state index >= 15 is 0 Å². The van der Waals surface area contributed by atoms with E-state index in [-0.39, 0.29) is 18.1 Å². The topological polar surface area (TPSA) is 72.3 Å². The summed E-state index contributed by atoms with van der Waals surface area (Å²) in [5, 5.41) is 9.52. The van der Waals surface area contributed by atoms with Crippen LogP contribution >= 0.6 is 11.3 Å². The number of nitrogens with one attached hydrogen (secondary N) is 1. The van der Waals surface area contributed by atoms with Crippen molar-refractivity contribution >= 4 is 22.4 Å². The van der Waals surface area contributed by atoms with Crippen molar-refractivity contribution in [3.05, 3.63) is 30.0 Å². The Morgan fingerprint density at radius 1 is 1.59 bits per heavy atom. The van der Waals surface area contributed by atoms with Gasteiger partial charge < -0.3 is 10.1 Å². The number of carbonyl (C=O) groups excluding carboxylic acids is 1. The summed E-state index contributed by atoms with van der Waals surface area (Å²) in [6.45, 7) is 4.71. The third kappa shape index (κ3) is 3.70. The minimum absolute atomic E-state index is 0.0327. The molecule has 1 aliphatic rings. The van der Waals surface area contributed by atoms with Gasteiger partial charge >= 0.3 is 0 Å². The zero-order valence-electron chi connectivity index (χ0n) is 12.4. The quantitative estimate of drug-likeness (QED) is 0.892. The predicted octanol–water partition coefficient (Wildman–Crippen LogP) is 1.07. The summed E-state index contributed by atoms with van der Waals surface area (Å²) in [6, 6.07) is 1.68. The van der Waals surface area contributed by atoms with E-state index in [1.165, 1.54) is 11.3 Å². The lowest BCUT2D eigenvalue weighted by Crippen LogP contribution is -2.51. The summed E-state index contributed by atoms with van der Waals surface area (Å²) < 4.78 is 7.63. The lowest BCUT2D eigenvalue weighted by molar-refractivity contribution is -0.124. The van der Waals surface area contributed by atoms with E-state index in [4.69, 9.17) is 4.74 Å². The van der Waals surface area contributed by atoms with Crippen molar-refractivity contribution in [3.8, 4) is 0 Å². The van der Waals surface area contributed by atoms with Gasteiger partial charge in [-0.15, -0.1) is 11.3 Å². The van der Waals surface area contributed by atoms with Crippen molar-refractivity contribution in [1.29, 1.82) is 0 Å². The first-order valence-corrected chi connectivity index (χ1v) is 8.14. The van der Waals surface area contributed by atoms with Crippen LogP contribution in [0.5, 0.6) is 0 Å². The van der Waals surface area contributed by atoms with Crippen LogP contribution < -0.4 is 5.32 Å². The first kappa shape index (κ1) is 15.1. The number of aromatic nitrogens is 3. The zero-order chi connectivity index (χ0) is 15.4. The number of nitrogens with zero attached hydrogens (tertiary/aromatic N) is 4. The molecule has 22 heavy (non-hydrogen) atoms. The second-order valence-electron chi connectivity index (χ2n) is 5.22. The van der Waals surface area contributed by atoms with Gasteiger partial charge in [0.05, 0.1) is 25.3 Å². The molecule has 0 unspecified atom stereocenters. The fourth-order valence-electron chi connectivity index (χ4n) is 2.48. The molecule has 0 aliphatic carbocycles. The molecule has 118 valence electrons. The number of rotatable bonds is 5. The SMILES string of the molecule is C[C@H](C(=O)Nc1nccs1)N1CCO[C@@H](Cn2cccn2)C1. The minimum Gasteiger partial charge on any atom is -0.374 e. The molecule has 0 spiro atoms. The molecule has 1 amide bonds. The Morgan fingerprint density at radius 2 is 2.50 bits per heavy atom. The molecule has 0 saturated carbocycles. The van der Waals surface area contributed by atoms with Gasteiger partial charge in [0.1, 0.15) is 0 Å². The number of morpholine rings is 1. The van der Waals surface area contributed by atoms with Crippen molar-refractivity contribution in [1.82, 2.24) is 19.7 Å². The van der Waals surface area contributed by atoms with Crippen molar-refractivity contribution in [2.75, 3.05) is 25.0 Å². The molecule has 0 aromatic carbocycles. The number of ether oxygens (including phenoxy) is 1. The average Bonchev–Trinajstić information content (AvgIpc) is 3.20. The fraction of sp³-hybridized carbons (Fsp3) is 0.500. The molecule has 2 atom stereocenters. The number of carbonyl (C=O) groups is 1. The van der Waals surface area contributed by atoms with Gasteiger partial charge in [-0.1, -0.05) is 0 Å². The minimum atomic E-state index is -0.215. The molecule has 1 saturated heterocycles. The first-order chi connectivity index (χ1) is 10.7. The Bertz CT molecular complexity index is 586. The third-order valence-electron chi connectivity index (χ3n) is 3.71. The van der Waals surface area contributed by atoms with Crippen LogP contribution in [0.4, 0.5) is 5.13 Å². The molecule has 0 radical (unpaired) electrons. The van der Waals surface area contributed by atoms with Crippen molar-refractivity contribution in [2.24, 2.45) is 0 Å². The van der Waals surface area contributed by atoms with Crippen LogP contribution in [0.25, 0.3) is 0 Å². The zero-order valence-corrected chi connectivity index (χ0v) is 13.2. The molecule has 1 N–H and O–H groups in total. The van der Waals surface area contributed by atoms with Gasteiger partial charge in [0.2, 0.25) is 5.91 Å². The predicted molar refractivity (Wildman–Crippen MR) is 83.7 cm³/mol. The molecule has 3 rings (SSSR count). The summed E-state index contributed by atoms with van der Waals surface area (Å²) in [6.07, 6.45) is 5.40. The summed E-state index contributed by atoms with van der Waals surface area (Å²) >= 11 is 1.42. The van der Waals surface area contributed by atoms with Gasteiger partial charge in [0, 0.05) is 37.1 Å². The molecule has 0 bridgehead atoms. The molecule has 3 heterocycles. The Balaban J connectivity index is 1.55. The summed E-state index contributed by atoms with van der Waals surface area (Å²) in [7, 11) is 0. The molecule has 8 heteroatoms. The summed E-state index contributed by atoms with van der Waals surface area (Å²) in [5.41, 5.74) is 0. The van der Waals surface area contributed by atoms with Crippen molar-refractivity contribution in [2.45, 2.75) is 25.6 Å². The Labute approximate surface area is 132 Å². The second kappa shape index (κ2) is 6.99. The van der Waals surface area contributed by atoms with Gasteiger partial charge in [0.15, 0.2) is 5.13 Å². The molecule has 7 nitrogen and oxygen atoms in total. The van der Waals surface area contributed by atoms with Crippen LogP contribution in [0.2, 0.25) is 0 Å². The first-order valence-electron chi connectivity index (χ1n) is 7.26. The normalized spacial score (nSPS) is 20.7. The highest BCUT2D eigenvalue weighted by Crippen LogP contribution is 2.14. The number of hydrogen-bond donors (Lipinski definition) is 1. The van der Waals surface area contributed by atoms with Crippen LogP contribution in [-0.4, -0.2) is 57.4 Å². The van der Waals surface area contributed by atoms with E-state index in [1.807, 2.05) is 29.2 Å². The highest BCUT2D eigenvalue weighted by Gasteiger charge is 2.28. The van der Waals surface area contributed by atoms with E-state index in [2.05, 4.69) is 20.3 Å². The van der Waals surface area contributed by atoms with Crippen LogP contribution in [0.3, 0.4) is 0 Å². The molecule has 2 aromatic heterocycles. The highest BCUT2D eigenvalue weighted by molar-refractivity contribution is 7.13. The second-order valence-corrected chi connectivity index (χ2v) is 6.11. The number of thiazole rings is 1. The fourth-order valence-corrected chi connectivity index (χ4v) is 3.01. The van der Waals surface area contributed by atoms with Crippen LogP contribution in [0.15, 0.2) is 30.0 Å². The lowest BCUT2D eigenvalue weighted by atomic mass is 10.2. The van der Waals surface area contributed by atoms with Crippen molar-refractivity contribution in [3.63, 3.8) is 0 Å². The van der Waals surface area contributed by atoms with Gasteiger partial charge in [-0.25, -0.2) is 4.98 Å². The molecule has 1 fully saturated rings. The van der Waals surface area contributed by atoms with E-state index < -0.39 is 0 Å². The maximum Gasteiger partial charge on any atom is 0.243 e. The lowest BCUT2D eigenvalue weighted by Gasteiger charge is -2.35. The molecular formula is C14H19N5O2S. The Morgan fingerprint density at radius 3 is 3.23 bits per heavy atom. The third-order valence-corrected chi connectivity index (χ3v) is 4.40. The standard InChI is InChI=1S/C14H19N5O2S/c1-11(13(20)17-14-15-4-8-22-14)18-6-7-21-12(9-18)10-19-5-2-3-16-19/h2-5,8,11-12H,6-7,9-10H2,1H3,(H,15,17,20)/t11-,12-/m1/s1. The van der Waals surface area contributed by atoms with Crippen LogP contribution in [-0.2, 0) is 16.1 Å². The number of amides is 1. The van der Waals surface area contributed by atoms with E-state index in [0.29, 0.717) is 24.8 Å². The maximum absolute atomic E-state index is 12.3. The Hall–Kier alpha value is -1.77. The Kier molecular flexibility index (Phi) is 4.81. The molecule has 2 aromatic rings. The highest BCUT2D eigenvalue weighted by atomic mass is 32.1. The monoisotopic (exact) mass is 321 g/mol. The van der Waals surface area contributed by atoms with Crippen molar-refractivity contribution < 1.29 is 9.53 Å². The number of anilines is 1. The van der Waals surface area contributed by atoms with Gasteiger partial charge in [0.25, 0.3) is 0 Å². The molecular weight excluding hydrogens is 302 g/mol.